The third-order valence-electron chi connectivity index (χ3n) is 5.93. The summed E-state index contributed by atoms with van der Waals surface area (Å²) in [4.78, 5) is 16.3. The van der Waals surface area contributed by atoms with Gasteiger partial charge in [0.15, 0.2) is 5.58 Å². The van der Waals surface area contributed by atoms with Gasteiger partial charge in [-0.25, -0.2) is 4.79 Å². The second-order valence-corrected chi connectivity index (χ2v) is 8.14. The number of rotatable bonds is 5. The van der Waals surface area contributed by atoms with Gasteiger partial charge in [0.2, 0.25) is 0 Å². The fourth-order valence-electron chi connectivity index (χ4n) is 4.39. The van der Waals surface area contributed by atoms with Gasteiger partial charge in [-0.1, -0.05) is 24.3 Å². The van der Waals surface area contributed by atoms with Gasteiger partial charge in [-0.3, -0.25) is 4.98 Å². The van der Waals surface area contributed by atoms with E-state index in [9.17, 15) is 9.90 Å². The smallest absolute Gasteiger partial charge is 0.337 e. The summed E-state index contributed by atoms with van der Waals surface area (Å²) in [5.41, 5.74) is 7.52. The van der Waals surface area contributed by atoms with E-state index in [1.54, 1.807) is 18.2 Å². The number of hydrogen-bond donors (Lipinski definition) is 2. The van der Waals surface area contributed by atoms with E-state index in [0.29, 0.717) is 18.9 Å². The second-order valence-electron chi connectivity index (χ2n) is 8.14. The number of nitrogens with one attached hydrogen (secondary N) is 1. The molecule has 1 atom stereocenters. The second kappa shape index (κ2) is 8.13. The van der Waals surface area contributed by atoms with Crippen molar-refractivity contribution in [3.8, 4) is 0 Å². The number of aryl methyl sites for hydroxylation is 1. The number of carboxylic acid groups (broad SMARTS) is 1. The number of carboxylic acids is 1. The number of carbonyl (C=O) groups is 1. The Morgan fingerprint density at radius 1 is 1.19 bits per heavy atom. The highest BCUT2D eigenvalue weighted by Gasteiger charge is 2.21. The Kier molecular flexibility index (Phi) is 5.15. The summed E-state index contributed by atoms with van der Waals surface area (Å²) in [6.45, 7) is 5.36. The van der Waals surface area contributed by atoms with Gasteiger partial charge < -0.3 is 19.6 Å². The Balaban J connectivity index is 1.64. The number of nitrogens with zero attached hydrogens (tertiary/aromatic N) is 1. The predicted octanol–water partition coefficient (Wildman–Crippen LogP) is 5.96. The lowest BCUT2D eigenvalue weighted by Crippen LogP contribution is -2.11. The highest BCUT2D eigenvalue weighted by atomic mass is 16.5. The Bertz CT molecular complexity index is 1370. The third-order valence-corrected chi connectivity index (χ3v) is 5.93. The lowest BCUT2D eigenvalue weighted by atomic mass is 9.99. The Morgan fingerprint density at radius 2 is 2.03 bits per heavy atom. The van der Waals surface area contributed by atoms with Crippen LogP contribution in [-0.4, -0.2) is 29.3 Å². The van der Waals surface area contributed by atoms with Gasteiger partial charge in [-0.15, -0.1) is 0 Å². The molecule has 5 rings (SSSR count). The van der Waals surface area contributed by atoms with Gasteiger partial charge in [-0.2, -0.15) is 0 Å². The molecular weight excluding hydrogens is 404 g/mol. The van der Waals surface area contributed by atoms with E-state index in [2.05, 4.69) is 28.5 Å². The molecule has 0 spiro atoms. The maximum Gasteiger partial charge on any atom is 0.337 e. The van der Waals surface area contributed by atoms with E-state index in [-0.39, 0.29) is 11.6 Å². The molecule has 1 aliphatic heterocycles. The largest absolute Gasteiger partial charge is 0.478 e. The first-order valence-corrected chi connectivity index (χ1v) is 10.7. The number of hydrogen-bond acceptors (Lipinski definition) is 5. The number of furan rings is 1. The number of aromatic carboxylic acids is 1. The molecule has 0 fully saturated rings. The zero-order chi connectivity index (χ0) is 22.2. The van der Waals surface area contributed by atoms with Crippen LogP contribution in [0, 0.1) is 6.92 Å². The molecular formula is C26H24N2O4. The fourth-order valence-corrected chi connectivity index (χ4v) is 4.39. The molecule has 32 heavy (non-hydrogen) atoms. The SMILES string of the molecule is Cc1cc([C@@H](C)Nc2ccccc2C(=O)O)c2oc3c(C4=CCOCC4)ccnc3c2c1. The molecule has 1 aliphatic rings. The Labute approximate surface area is 185 Å². The van der Waals surface area contributed by atoms with Gasteiger partial charge in [0.25, 0.3) is 0 Å². The molecule has 0 bridgehead atoms. The molecule has 0 saturated carbocycles. The molecule has 2 N–H and O–H groups in total. The molecule has 3 heterocycles. The van der Waals surface area contributed by atoms with Crippen LogP contribution in [0.25, 0.3) is 27.6 Å². The molecule has 0 amide bonds. The lowest BCUT2D eigenvalue weighted by molar-refractivity contribution is 0.0698. The van der Waals surface area contributed by atoms with Crippen molar-refractivity contribution in [2.24, 2.45) is 0 Å². The molecule has 0 unspecified atom stereocenters. The van der Waals surface area contributed by atoms with Crippen LogP contribution in [0.2, 0.25) is 0 Å². The van der Waals surface area contributed by atoms with Gasteiger partial charge in [-0.05, 0) is 55.7 Å². The van der Waals surface area contributed by atoms with Crippen LogP contribution in [0.5, 0.6) is 0 Å². The number of ether oxygens (including phenoxy) is 1. The van der Waals surface area contributed by atoms with Crippen molar-refractivity contribution in [2.45, 2.75) is 26.3 Å². The monoisotopic (exact) mass is 428 g/mol. The normalized spacial score (nSPS) is 15.0. The first kappa shape index (κ1) is 20.3. The van der Waals surface area contributed by atoms with Crippen LogP contribution in [-0.2, 0) is 4.74 Å². The lowest BCUT2D eigenvalue weighted by Gasteiger charge is -2.18. The zero-order valence-electron chi connectivity index (χ0n) is 18.0. The van der Waals surface area contributed by atoms with E-state index in [1.807, 2.05) is 32.2 Å². The van der Waals surface area contributed by atoms with E-state index in [1.165, 1.54) is 5.57 Å². The standard InChI is InChI=1S/C26H24N2O4/c1-15-13-20(16(2)28-22-6-4-3-5-19(22)26(29)30)24-21(14-15)23-25(32-24)18(7-10-27-23)17-8-11-31-12-9-17/h3-8,10,13-14,16,28H,9,11-12H2,1-2H3,(H,29,30)/t16-/m1/s1. The number of aromatic nitrogens is 1. The molecule has 0 saturated heterocycles. The molecule has 6 heteroatoms. The van der Waals surface area contributed by atoms with Gasteiger partial charge in [0, 0.05) is 28.4 Å². The van der Waals surface area contributed by atoms with Crippen molar-refractivity contribution in [2.75, 3.05) is 18.5 Å². The molecule has 0 aliphatic carbocycles. The van der Waals surface area contributed by atoms with E-state index < -0.39 is 5.97 Å². The summed E-state index contributed by atoms with van der Waals surface area (Å²) in [5, 5.41) is 13.9. The van der Waals surface area contributed by atoms with E-state index in [0.717, 1.165) is 45.2 Å². The zero-order valence-corrected chi connectivity index (χ0v) is 18.0. The third kappa shape index (κ3) is 3.52. The van der Waals surface area contributed by atoms with Crippen LogP contribution in [0.1, 0.15) is 46.4 Å². The minimum atomic E-state index is -0.961. The van der Waals surface area contributed by atoms with Crippen LogP contribution >= 0.6 is 0 Å². The highest BCUT2D eigenvalue weighted by molar-refractivity contribution is 6.07. The minimum Gasteiger partial charge on any atom is -0.478 e. The summed E-state index contributed by atoms with van der Waals surface area (Å²) in [6.07, 6.45) is 4.77. The Hall–Kier alpha value is -3.64. The summed E-state index contributed by atoms with van der Waals surface area (Å²) >= 11 is 0. The molecule has 6 nitrogen and oxygen atoms in total. The van der Waals surface area contributed by atoms with Crippen molar-refractivity contribution in [3.05, 3.63) is 77.0 Å². The van der Waals surface area contributed by atoms with Crippen molar-refractivity contribution in [1.82, 2.24) is 4.98 Å². The highest BCUT2D eigenvalue weighted by Crippen LogP contribution is 2.38. The van der Waals surface area contributed by atoms with Crippen LogP contribution in [0.15, 0.2) is 59.2 Å². The number of fused-ring (bicyclic) bond motifs is 3. The Morgan fingerprint density at radius 3 is 2.81 bits per heavy atom. The van der Waals surface area contributed by atoms with Gasteiger partial charge >= 0.3 is 5.97 Å². The molecule has 2 aromatic heterocycles. The van der Waals surface area contributed by atoms with Crippen molar-refractivity contribution in [3.63, 3.8) is 0 Å². The predicted molar refractivity (Wildman–Crippen MR) is 125 cm³/mol. The topological polar surface area (TPSA) is 84.6 Å². The van der Waals surface area contributed by atoms with Gasteiger partial charge in [0.05, 0.1) is 24.8 Å². The van der Waals surface area contributed by atoms with Crippen LogP contribution in [0.3, 0.4) is 0 Å². The maximum absolute atomic E-state index is 11.6. The average Bonchev–Trinajstić information content (AvgIpc) is 3.18. The van der Waals surface area contributed by atoms with Crippen molar-refractivity contribution < 1.29 is 19.1 Å². The minimum absolute atomic E-state index is 0.177. The first-order chi connectivity index (χ1) is 15.5. The summed E-state index contributed by atoms with van der Waals surface area (Å²) in [6, 6.07) is 12.9. The van der Waals surface area contributed by atoms with Crippen molar-refractivity contribution >= 4 is 39.3 Å². The molecule has 162 valence electrons. The summed E-state index contributed by atoms with van der Waals surface area (Å²) in [5.74, 6) is -0.961. The molecule has 2 aromatic carbocycles. The van der Waals surface area contributed by atoms with E-state index in [4.69, 9.17) is 9.15 Å². The average molecular weight is 428 g/mol. The first-order valence-electron chi connectivity index (χ1n) is 10.7. The number of anilines is 1. The molecule has 0 radical (unpaired) electrons. The fraction of sp³-hybridized carbons (Fsp3) is 0.231. The van der Waals surface area contributed by atoms with Gasteiger partial charge in [0.1, 0.15) is 11.1 Å². The maximum atomic E-state index is 11.6. The summed E-state index contributed by atoms with van der Waals surface area (Å²) in [7, 11) is 0. The number of benzene rings is 2. The van der Waals surface area contributed by atoms with Crippen LogP contribution in [0.4, 0.5) is 5.69 Å². The molecule has 4 aromatic rings. The van der Waals surface area contributed by atoms with Crippen molar-refractivity contribution in [1.29, 1.82) is 0 Å². The number of pyridine rings is 1. The number of para-hydroxylation sites is 1. The van der Waals surface area contributed by atoms with Crippen LogP contribution < -0.4 is 5.32 Å². The van der Waals surface area contributed by atoms with E-state index >= 15 is 0 Å². The quantitative estimate of drug-likeness (QED) is 0.408. The summed E-state index contributed by atoms with van der Waals surface area (Å²) < 4.78 is 11.9.